The van der Waals surface area contributed by atoms with Crippen molar-refractivity contribution >= 4 is 17.5 Å². The average Bonchev–Trinajstić information content (AvgIpc) is 2.73. The lowest BCUT2D eigenvalue weighted by Crippen LogP contribution is -2.21. The number of aromatic nitrogens is 3. The third-order valence-electron chi connectivity index (χ3n) is 3.97. The first-order valence-corrected chi connectivity index (χ1v) is 8.69. The van der Waals surface area contributed by atoms with Crippen LogP contribution in [0.1, 0.15) is 12.5 Å². The molecule has 1 aromatic carbocycles. The minimum absolute atomic E-state index is 0.0472. The van der Waals surface area contributed by atoms with Gasteiger partial charge in [-0.3, -0.25) is 15.1 Å². The van der Waals surface area contributed by atoms with Crippen LogP contribution in [0.4, 0.5) is 17.5 Å². The van der Waals surface area contributed by atoms with Crippen LogP contribution in [0.15, 0.2) is 54.9 Å². The molecule has 3 aromatic rings. The summed E-state index contributed by atoms with van der Waals surface area (Å²) >= 11 is 0. The Kier molecular flexibility index (Phi) is 6.07. The summed E-state index contributed by atoms with van der Waals surface area (Å²) < 4.78 is 0. The molecule has 0 amide bonds. The summed E-state index contributed by atoms with van der Waals surface area (Å²) in [4.78, 5) is 23.3. The Morgan fingerprint density at radius 2 is 1.86 bits per heavy atom. The summed E-state index contributed by atoms with van der Waals surface area (Å²) in [5, 5.41) is 26.3. The maximum absolute atomic E-state index is 10.8. The molecule has 2 heterocycles. The van der Waals surface area contributed by atoms with E-state index in [2.05, 4.69) is 25.6 Å². The molecule has 0 radical (unpaired) electrons. The third kappa shape index (κ3) is 4.98. The van der Waals surface area contributed by atoms with Crippen molar-refractivity contribution in [2.75, 3.05) is 17.2 Å². The van der Waals surface area contributed by atoms with E-state index in [1.165, 1.54) is 12.1 Å². The normalized spacial score (nSPS) is 11.6. The highest BCUT2D eigenvalue weighted by Gasteiger charge is 2.10. The molecule has 0 unspecified atom stereocenters. The zero-order valence-electron chi connectivity index (χ0n) is 15.2. The molecule has 28 heavy (non-hydrogen) atoms. The van der Waals surface area contributed by atoms with Crippen molar-refractivity contribution in [3.8, 4) is 11.3 Å². The molecule has 0 aliphatic rings. The fourth-order valence-corrected chi connectivity index (χ4v) is 2.47. The van der Waals surface area contributed by atoms with E-state index < -0.39 is 4.92 Å². The highest BCUT2D eigenvalue weighted by Crippen LogP contribution is 2.22. The summed E-state index contributed by atoms with van der Waals surface area (Å²) in [6.07, 6.45) is 3.37. The number of nitrogens with one attached hydrogen (secondary N) is 2. The molecule has 0 bridgehead atoms. The monoisotopic (exact) mass is 380 g/mol. The zero-order valence-corrected chi connectivity index (χ0v) is 15.2. The number of nitro benzene ring substituents is 1. The molecule has 0 aliphatic carbocycles. The fraction of sp³-hybridized carbons (Fsp3) is 0.211. The number of rotatable bonds is 8. The zero-order chi connectivity index (χ0) is 19.9. The second-order valence-electron chi connectivity index (χ2n) is 6.20. The van der Waals surface area contributed by atoms with Crippen molar-refractivity contribution < 1.29 is 10.0 Å². The van der Waals surface area contributed by atoms with E-state index in [0.717, 1.165) is 11.1 Å². The Balaban J connectivity index is 1.82. The van der Waals surface area contributed by atoms with E-state index in [4.69, 9.17) is 0 Å². The van der Waals surface area contributed by atoms with Crippen LogP contribution in [0.3, 0.4) is 0 Å². The first kappa shape index (κ1) is 19.2. The number of benzene rings is 1. The average molecular weight is 380 g/mol. The molecule has 0 aliphatic heterocycles. The predicted octanol–water partition coefficient (Wildman–Crippen LogP) is 2.85. The van der Waals surface area contributed by atoms with Crippen LogP contribution in [0.25, 0.3) is 11.3 Å². The molecule has 3 N–H and O–H groups in total. The second-order valence-corrected chi connectivity index (χ2v) is 6.20. The van der Waals surface area contributed by atoms with E-state index in [-0.39, 0.29) is 18.3 Å². The van der Waals surface area contributed by atoms with Gasteiger partial charge in [-0.05, 0) is 24.6 Å². The molecule has 0 saturated heterocycles. The molecule has 0 fully saturated rings. The Hall–Kier alpha value is -3.59. The van der Waals surface area contributed by atoms with Crippen molar-refractivity contribution in [3.63, 3.8) is 0 Å². The molecule has 9 nitrogen and oxygen atoms in total. The van der Waals surface area contributed by atoms with E-state index in [1.807, 2.05) is 25.1 Å². The number of aliphatic hydroxyl groups is 1. The van der Waals surface area contributed by atoms with Gasteiger partial charge < -0.3 is 15.7 Å². The van der Waals surface area contributed by atoms with Crippen molar-refractivity contribution in [3.05, 3.63) is 70.5 Å². The van der Waals surface area contributed by atoms with E-state index in [9.17, 15) is 15.2 Å². The lowest BCUT2D eigenvalue weighted by atomic mass is 10.2. The summed E-state index contributed by atoms with van der Waals surface area (Å²) in [6.45, 7) is 2.22. The number of hydrogen-bond acceptors (Lipinski definition) is 8. The highest BCUT2D eigenvalue weighted by atomic mass is 16.6. The van der Waals surface area contributed by atoms with Crippen molar-refractivity contribution in [2.24, 2.45) is 0 Å². The van der Waals surface area contributed by atoms with Gasteiger partial charge in [-0.1, -0.05) is 12.1 Å². The first-order chi connectivity index (χ1) is 13.5. The number of anilines is 2. The SMILES string of the molecule is C[C@@H](CO)Nc1nc(NCc2ccc([N+](=O)[O-])cc2)cc(-c2ccncc2)n1. The van der Waals surface area contributed by atoms with E-state index >= 15 is 0 Å². The van der Waals surface area contributed by atoms with Gasteiger partial charge in [0.1, 0.15) is 5.82 Å². The largest absolute Gasteiger partial charge is 0.394 e. The van der Waals surface area contributed by atoms with Crippen LogP contribution >= 0.6 is 0 Å². The number of hydrogen-bond donors (Lipinski definition) is 3. The van der Waals surface area contributed by atoms with Crippen LogP contribution in [0.5, 0.6) is 0 Å². The van der Waals surface area contributed by atoms with Crippen molar-refractivity contribution in [2.45, 2.75) is 19.5 Å². The van der Waals surface area contributed by atoms with Gasteiger partial charge in [0.05, 0.1) is 17.2 Å². The van der Waals surface area contributed by atoms with Crippen LogP contribution < -0.4 is 10.6 Å². The highest BCUT2D eigenvalue weighted by molar-refractivity contribution is 5.64. The summed E-state index contributed by atoms with van der Waals surface area (Å²) in [5.41, 5.74) is 2.52. The Morgan fingerprint density at radius 3 is 2.50 bits per heavy atom. The molecule has 9 heteroatoms. The molecule has 0 saturated carbocycles. The molecule has 3 rings (SSSR count). The number of nitro groups is 1. The number of aliphatic hydroxyl groups excluding tert-OH is 1. The van der Waals surface area contributed by atoms with Gasteiger partial charge in [-0.25, -0.2) is 4.98 Å². The molecule has 2 aromatic heterocycles. The number of pyridine rings is 1. The van der Waals surface area contributed by atoms with Crippen LogP contribution in [0, 0.1) is 10.1 Å². The molecular weight excluding hydrogens is 360 g/mol. The number of nitrogens with zero attached hydrogens (tertiary/aromatic N) is 4. The Labute approximate surface area is 161 Å². The lowest BCUT2D eigenvalue weighted by molar-refractivity contribution is -0.384. The van der Waals surface area contributed by atoms with Crippen LogP contribution in [0.2, 0.25) is 0 Å². The minimum Gasteiger partial charge on any atom is -0.394 e. The van der Waals surface area contributed by atoms with Gasteiger partial charge in [0.15, 0.2) is 0 Å². The smallest absolute Gasteiger partial charge is 0.269 e. The van der Waals surface area contributed by atoms with Gasteiger partial charge in [0, 0.05) is 48.7 Å². The van der Waals surface area contributed by atoms with Gasteiger partial charge in [-0.15, -0.1) is 0 Å². The quantitative estimate of drug-likeness (QED) is 0.402. The standard InChI is InChI=1S/C19H20N6O3/c1-13(12-26)22-19-23-17(15-6-8-20-9-7-15)10-18(24-19)21-11-14-2-4-16(5-3-14)25(27)28/h2-10,13,26H,11-12H2,1H3,(H2,21,22,23,24)/t13-/m0/s1. The fourth-order valence-electron chi connectivity index (χ4n) is 2.47. The predicted molar refractivity (Wildman–Crippen MR) is 106 cm³/mol. The maximum atomic E-state index is 10.8. The molecule has 1 atom stereocenters. The van der Waals surface area contributed by atoms with Gasteiger partial charge in [0.25, 0.3) is 5.69 Å². The van der Waals surface area contributed by atoms with Crippen molar-refractivity contribution in [1.29, 1.82) is 0 Å². The van der Waals surface area contributed by atoms with Gasteiger partial charge in [-0.2, -0.15) is 4.98 Å². The number of non-ortho nitro benzene ring substituents is 1. The maximum Gasteiger partial charge on any atom is 0.269 e. The molecule has 0 spiro atoms. The molecular formula is C19H20N6O3. The minimum atomic E-state index is -0.428. The van der Waals surface area contributed by atoms with Gasteiger partial charge >= 0.3 is 0 Å². The van der Waals surface area contributed by atoms with Crippen LogP contribution in [-0.4, -0.2) is 37.6 Å². The van der Waals surface area contributed by atoms with E-state index in [1.54, 1.807) is 24.5 Å². The summed E-state index contributed by atoms with van der Waals surface area (Å²) in [5.74, 6) is 0.981. The topological polar surface area (TPSA) is 126 Å². The van der Waals surface area contributed by atoms with E-state index in [0.29, 0.717) is 24.0 Å². The second kappa shape index (κ2) is 8.87. The summed E-state index contributed by atoms with van der Waals surface area (Å²) in [7, 11) is 0. The third-order valence-corrected chi connectivity index (χ3v) is 3.97. The van der Waals surface area contributed by atoms with Crippen molar-refractivity contribution in [1.82, 2.24) is 15.0 Å². The molecule has 144 valence electrons. The van der Waals surface area contributed by atoms with Crippen LogP contribution in [-0.2, 0) is 6.54 Å². The van der Waals surface area contributed by atoms with Gasteiger partial charge in [0.2, 0.25) is 5.95 Å². The Morgan fingerprint density at radius 1 is 1.14 bits per heavy atom. The lowest BCUT2D eigenvalue weighted by Gasteiger charge is -2.14. The summed E-state index contributed by atoms with van der Waals surface area (Å²) in [6, 6.07) is 11.6. The Bertz CT molecular complexity index is 934. The first-order valence-electron chi connectivity index (χ1n) is 8.69.